The summed E-state index contributed by atoms with van der Waals surface area (Å²) in [6, 6.07) is -1.27. The molecule has 0 saturated heterocycles. The van der Waals surface area contributed by atoms with Gasteiger partial charge in [0.1, 0.15) is 6.04 Å². The summed E-state index contributed by atoms with van der Waals surface area (Å²) in [7, 11) is 0. The van der Waals surface area contributed by atoms with E-state index in [0.717, 1.165) is 0 Å². The first-order valence-corrected chi connectivity index (χ1v) is 5.28. The maximum atomic E-state index is 11.3. The van der Waals surface area contributed by atoms with Gasteiger partial charge in [-0.05, 0) is 12.8 Å². The summed E-state index contributed by atoms with van der Waals surface area (Å²) in [6.45, 7) is 0. The summed E-state index contributed by atoms with van der Waals surface area (Å²) < 4.78 is 0. The molecule has 0 bridgehead atoms. The van der Waals surface area contributed by atoms with Crippen LogP contribution in [-0.2, 0) is 19.2 Å². The SMILES string of the molecule is O=C(O)CCCC(=O)N[C@@H](CCC(=O)O)C(=O)O. The Morgan fingerprint density at radius 2 is 1.44 bits per heavy atom. The lowest BCUT2D eigenvalue weighted by Crippen LogP contribution is -2.41. The molecule has 0 aliphatic carbocycles. The van der Waals surface area contributed by atoms with Crippen LogP contribution in [-0.4, -0.2) is 45.2 Å². The predicted octanol–water partition coefficient (Wildman–Crippen LogP) is -0.324. The fourth-order valence-corrected chi connectivity index (χ4v) is 1.19. The minimum absolute atomic E-state index is 0.104. The first kappa shape index (κ1) is 15.9. The second kappa shape index (κ2) is 8.04. The van der Waals surface area contributed by atoms with Crippen LogP contribution in [0, 0.1) is 0 Å². The number of carboxylic acids is 3. The number of rotatable bonds is 9. The summed E-state index contributed by atoms with van der Waals surface area (Å²) >= 11 is 0. The number of amides is 1. The minimum Gasteiger partial charge on any atom is -0.481 e. The van der Waals surface area contributed by atoms with Crippen LogP contribution in [0.2, 0.25) is 0 Å². The first-order chi connectivity index (χ1) is 8.32. The second-order valence-corrected chi connectivity index (χ2v) is 3.64. The summed E-state index contributed by atoms with van der Waals surface area (Å²) in [4.78, 5) is 42.5. The van der Waals surface area contributed by atoms with Crippen molar-refractivity contribution in [3.05, 3.63) is 0 Å². The van der Waals surface area contributed by atoms with E-state index in [1.807, 2.05) is 0 Å². The van der Waals surface area contributed by atoms with Gasteiger partial charge in [0.05, 0.1) is 0 Å². The van der Waals surface area contributed by atoms with E-state index in [0.29, 0.717) is 0 Å². The van der Waals surface area contributed by atoms with Crippen LogP contribution in [0.15, 0.2) is 0 Å². The Morgan fingerprint density at radius 1 is 0.889 bits per heavy atom. The normalized spacial score (nSPS) is 11.6. The largest absolute Gasteiger partial charge is 0.481 e. The number of nitrogens with one attached hydrogen (secondary N) is 1. The molecule has 0 saturated carbocycles. The molecule has 0 fully saturated rings. The molecule has 1 amide bonds. The molecule has 1 atom stereocenters. The number of aliphatic carboxylic acids is 3. The summed E-state index contributed by atoms with van der Waals surface area (Å²) in [5.74, 6) is -4.11. The van der Waals surface area contributed by atoms with Crippen LogP contribution in [0.5, 0.6) is 0 Å². The summed E-state index contributed by atoms with van der Waals surface area (Å²) in [5, 5.41) is 27.7. The maximum absolute atomic E-state index is 11.3. The Balaban J connectivity index is 4.07. The van der Waals surface area contributed by atoms with E-state index in [4.69, 9.17) is 15.3 Å². The molecule has 0 rings (SSSR count). The lowest BCUT2D eigenvalue weighted by Gasteiger charge is -2.13. The van der Waals surface area contributed by atoms with E-state index in [1.165, 1.54) is 0 Å². The van der Waals surface area contributed by atoms with E-state index >= 15 is 0 Å². The van der Waals surface area contributed by atoms with Crippen LogP contribution < -0.4 is 5.32 Å². The molecule has 0 heterocycles. The average Bonchev–Trinajstić information content (AvgIpc) is 2.22. The highest BCUT2D eigenvalue weighted by Gasteiger charge is 2.20. The monoisotopic (exact) mass is 261 g/mol. The van der Waals surface area contributed by atoms with Crippen molar-refractivity contribution in [2.75, 3.05) is 0 Å². The molecule has 18 heavy (non-hydrogen) atoms. The smallest absolute Gasteiger partial charge is 0.326 e. The van der Waals surface area contributed by atoms with Gasteiger partial charge in [-0.2, -0.15) is 0 Å². The third-order valence-corrected chi connectivity index (χ3v) is 2.07. The number of carbonyl (C=O) groups is 4. The van der Waals surface area contributed by atoms with Crippen molar-refractivity contribution < 1.29 is 34.5 Å². The molecule has 4 N–H and O–H groups in total. The van der Waals surface area contributed by atoms with Crippen LogP contribution in [0.4, 0.5) is 0 Å². The quantitative estimate of drug-likeness (QED) is 0.445. The van der Waals surface area contributed by atoms with Crippen LogP contribution in [0.3, 0.4) is 0 Å². The highest BCUT2D eigenvalue weighted by atomic mass is 16.4. The second-order valence-electron chi connectivity index (χ2n) is 3.64. The molecule has 102 valence electrons. The molecule has 0 aromatic heterocycles. The Bertz CT molecular complexity index is 339. The lowest BCUT2D eigenvalue weighted by atomic mass is 10.1. The Morgan fingerprint density at radius 3 is 1.89 bits per heavy atom. The van der Waals surface area contributed by atoms with Gasteiger partial charge in [0.15, 0.2) is 0 Å². The van der Waals surface area contributed by atoms with Gasteiger partial charge in [0.25, 0.3) is 0 Å². The molecule has 0 radical (unpaired) electrons. The predicted molar refractivity (Wildman–Crippen MR) is 57.9 cm³/mol. The van der Waals surface area contributed by atoms with E-state index < -0.39 is 29.9 Å². The average molecular weight is 261 g/mol. The van der Waals surface area contributed by atoms with Crippen LogP contribution >= 0.6 is 0 Å². The zero-order valence-electron chi connectivity index (χ0n) is 9.59. The first-order valence-electron chi connectivity index (χ1n) is 5.28. The fraction of sp³-hybridized carbons (Fsp3) is 0.600. The van der Waals surface area contributed by atoms with E-state index in [2.05, 4.69) is 5.32 Å². The van der Waals surface area contributed by atoms with Crippen molar-refractivity contribution in [3.63, 3.8) is 0 Å². The molecule has 8 nitrogen and oxygen atoms in total. The molecule has 0 unspecified atom stereocenters. The van der Waals surface area contributed by atoms with Gasteiger partial charge in [0.2, 0.25) is 5.91 Å². The third kappa shape index (κ3) is 8.08. The number of carbonyl (C=O) groups excluding carboxylic acids is 1. The van der Waals surface area contributed by atoms with E-state index in [-0.39, 0.29) is 32.1 Å². The third-order valence-electron chi connectivity index (χ3n) is 2.07. The van der Waals surface area contributed by atoms with Crippen molar-refractivity contribution in [2.45, 2.75) is 38.1 Å². The van der Waals surface area contributed by atoms with Gasteiger partial charge in [-0.25, -0.2) is 4.79 Å². The van der Waals surface area contributed by atoms with Crippen molar-refractivity contribution in [3.8, 4) is 0 Å². The molecular formula is C10H15NO7. The standard InChI is InChI=1S/C10H15NO7/c12-7(2-1-3-8(13)14)11-6(10(17)18)4-5-9(15)16/h6H,1-5H2,(H,11,12)(H,13,14)(H,15,16)(H,17,18)/t6-/m0/s1. The van der Waals surface area contributed by atoms with Gasteiger partial charge in [-0.1, -0.05) is 0 Å². The Hall–Kier alpha value is -2.12. The Labute approximate surface area is 103 Å². The highest BCUT2D eigenvalue weighted by molar-refractivity contribution is 5.84. The Kier molecular flexibility index (Phi) is 7.10. The number of carboxylic acid groups (broad SMARTS) is 3. The maximum Gasteiger partial charge on any atom is 0.326 e. The number of hydrogen-bond donors (Lipinski definition) is 4. The molecule has 0 aliphatic heterocycles. The van der Waals surface area contributed by atoms with Crippen molar-refractivity contribution >= 4 is 23.8 Å². The zero-order valence-corrected chi connectivity index (χ0v) is 9.59. The van der Waals surface area contributed by atoms with Gasteiger partial charge in [0, 0.05) is 19.3 Å². The molecule has 0 spiro atoms. The van der Waals surface area contributed by atoms with Crippen molar-refractivity contribution in [1.29, 1.82) is 0 Å². The summed E-state index contributed by atoms with van der Waals surface area (Å²) in [6.07, 6.45) is -0.766. The van der Waals surface area contributed by atoms with Gasteiger partial charge < -0.3 is 20.6 Å². The minimum atomic E-state index is -1.32. The topological polar surface area (TPSA) is 141 Å². The molecular weight excluding hydrogens is 246 g/mol. The lowest BCUT2D eigenvalue weighted by molar-refractivity contribution is -0.143. The highest BCUT2D eigenvalue weighted by Crippen LogP contribution is 2.01. The number of hydrogen-bond acceptors (Lipinski definition) is 4. The molecule has 8 heteroatoms. The van der Waals surface area contributed by atoms with Gasteiger partial charge in [-0.3, -0.25) is 14.4 Å². The van der Waals surface area contributed by atoms with Crippen molar-refractivity contribution in [1.82, 2.24) is 5.32 Å². The van der Waals surface area contributed by atoms with E-state index in [1.54, 1.807) is 0 Å². The van der Waals surface area contributed by atoms with Crippen molar-refractivity contribution in [2.24, 2.45) is 0 Å². The molecule has 0 aromatic carbocycles. The van der Waals surface area contributed by atoms with Gasteiger partial charge >= 0.3 is 17.9 Å². The molecule has 0 aliphatic rings. The fourth-order valence-electron chi connectivity index (χ4n) is 1.19. The summed E-state index contributed by atoms with van der Waals surface area (Å²) in [5.41, 5.74) is 0. The zero-order chi connectivity index (χ0) is 14.1. The van der Waals surface area contributed by atoms with Crippen LogP contribution in [0.25, 0.3) is 0 Å². The van der Waals surface area contributed by atoms with Crippen LogP contribution in [0.1, 0.15) is 32.1 Å². The van der Waals surface area contributed by atoms with Gasteiger partial charge in [-0.15, -0.1) is 0 Å². The molecule has 0 aromatic rings. The van der Waals surface area contributed by atoms with E-state index in [9.17, 15) is 19.2 Å².